The Bertz CT molecular complexity index is 1170. The van der Waals surface area contributed by atoms with Crippen molar-refractivity contribution in [1.29, 1.82) is 0 Å². The summed E-state index contributed by atoms with van der Waals surface area (Å²) in [5, 5.41) is 10.2. The maximum Gasteiger partial charge on any atom is 0.167 e. The van der Waals surface area contributed by atoms with Gasteiger partial charge in [0, 0.05) is 24.6 Å². The zero-order valence-corrected chi connectivity index (χ0v) is 21.0. The number of aliphatic hydroxyl groups is 1. The fourth-order valence-corrected chi connectivity index (χ4v) is 6.01. The van der Waals surface area contributed by atoms with Crippen molar-refractivity contribution in [2.75, 3.05) is 20.0 Å². The quantitative estimate of drug-likeness (QED) is 0.639. The lowest BCUT2D eigenvalue weighted by atomic mass is 9.61. The molecule has 0 amide bonds. The molecule has 0 atom stereocenters. The highest BCUT2D eigenvalue weighted by Gasteiger charge is 2.44. The van der Waals surface area contributed by atoms with Gasteiger partial charge in [0.1, 0.15) is 12.6 Å². The predicted octanol–water partition coefficient (Wildman–Crippen LogP) is 5.66. The second-order valence-electron chi connectivity index (χ2n) is 11.6. The highest BCUT2D eigenvalue weighted by atomic mass is 16.7. The first-order valence-corrected chi connectivity index (χ1v) is 12.3. The monoisotopic (exact) mass is 461 g/mol. The number of aliphatic hydroxyl groups excluding tert-OH is 1. The number of ether oxygens (including phenoxy) is 2. The number of aromatic nitrogens is 1. The number of ketones is 1. The molecular formula is C29H35NO4. The van der Waals surface area contributed by atoms with Crippen LogP contribution in [-0.2, 0) is 30.5 Å². The van der Waals surface area contributed by atoms with Crippen LogP contribution in [0, 0.1) is 6.92 Å². The molecule has 34 heavy (non-hydrogen) atoms. The lowest BCUT2D eigenvalue weighted by Gasteiger charge is -2.44. The van der Waals surface area contributed by atoms with Gasteiger partial charge in [-0.25, -0.2) is 0 Å². The van der Waals surface area contributed by atoms with E-state index in [4.69, 9.17) is 14.5 Å². The lowest BCUT2D eigenvalue weighted by molar-refractivity contribution is -0.129. The van der Waals surface area contributed by atoms with Gasteiger partial charge in [-0.15, -0.1) is 0 Å². The Hall–Kier alpha value is -2.50. The molecule has 2 heterocycles. The van der Waals surface area contributed by atoms with Crippen molar-refractivity contribution in [3.05, 3.63) is 69.7 Å². The topological polar surface area (TPSA) is 68.7 Å². The summed E-state index contributed by atoms with van der Waals surface area (Å²) in [6, 6.07) is 8.62. The molecule has 2 aromatic rings. The summed E-state index contributed by atoms with van der Waals surface area (Å²) < 4.78 is 11.8. The number of pyridine rings is 1. The minimum Gasteiger partial charge on any atom is -0.512 e. The fraction of sp³-hybridized carbons (Fsp3) is 0.517. The highest BCUT2D eigenvalue weighted by Crippen LogP contribution is 2.48. The fourth-order valence-electron chi connectivity index (χ4n) is 6.01. The van der Waals surface area contributed by atoms with Gasteiger partial charge in [0.05, 0.1) is 29.9 Å². The normalized spacial score (nSPS) is 23.1. The van der Waals surface area contributed by atoms with Gasteiger partial charge in [0.25, 0.3) is 0 Å². The molecule has 2 aliphatic carbocycles. The summed E-state index contributed by atoms with van der Waals surface area (Å²) in [4.78, 5) is 17.1. The van der Waals surface area contributed by atoms with E-state index < -0.39 is 5.41 Å². The number of aryl methyl sites for hydroxylation is 1. The molecule has 1 aromatic carbocycles. The second kappa shape index (κ2) is 8.03. The zero-order valence-electron chi connectivity index (χ0n) is 21.0. The van der Waals surface area contributed by atoms with E-state index >= 15 is 0 Å². The van der Waals surface area contributed by atoms with E-state index in [-0.39, 0.29) is 29.2 Å². The first-order valence-electron chi connectivity index (χ1n) is 12.3. The highest BCUT2D eigenvalue weighted by molar-refractivity contribution is 6.23. The number of fused-ring (bicyclic) bond motifs is 1. The van der Waals surface area contributed by atoms with Crippen molar-refractivity contribution in [3.8, 4) is 0 Å². The summed E-state index contributed by atoms with van der Waals surface area (Å²) >= 11 is 0. The number of hydrogen-bond donors (Lipinski definition) is 1. The maximum absolute atomic E-state index is 12.3. The van der Waals surface area contributed by atoms with E-state index in [0.717, 1.165) is 12.1 Å². The largest absolute Gasteiger partial charge is 0.512 e. The van der Waals surface area contributed by atoms with Crippen molar-refractivity contribution >= 4 is 11.4 Å². The maximum atomic E-state index is 12.3. The van der Waals surface area contributed by atoms with Crippen molar-refractivity contribution in [2.45, 2.75) is 76.5 Å². The third-order valence-corrected chi connectivity index (χ3v) is 8.28. The van der Waals surface area contributed by atoms with Crippen LogP contribution in [0.2, 0.25) is 0 Å². The lowest BCUT2D eigenvalue weighted by Crippen LogP contribution is -2.44. The molecule has 5 nitrogen and oxygen atoms in total. The van der Waals surface area contributed by atoms with Gasteiger partial charge >= 0.3 is 0 Å². The number of nitrogens with zero attached hydrogens (tertiary/aromatic N) is 1. The number of allylic oxidation sites excluding steroid dienone is 2. The van der Waals surface area contributed by atoms with Crippen LogP contribution in [0.15, 0.2) is 36.2 Å². The van der Waals surface area contributed by atoms with Crippen LogP contribution in [0.3, 0.4) is 0 Å². The zero-order chi connectivity index (χ0) is 24.3. The Kier molecular flexibility index (Phi) is 5.49. The van der Waals surface area contributed by atoms with Crippen molar-refractivity contribution < 1.29 is 19.4 Å². The Morgan fingerprint density at radius 2 is 1.56 bits per heavy atom. The molecule has 5 rings (SSSR count). The first-order chi connectivity index (χ1) is 16.1. The van der Waals surface area contributed by atoms with Gasteiger partial charge in [-0.05, 0) is 58.9 Å². The third kappa shape index (κ3) is 3.61. The van der Waals surface area contributed by atoms with Crippen molar-refractivity contribution in [2.24, 2.45) is 0 Å². The number of hydrogen-bond acceptors (Lipinski definition) is 5. The van der Waals surface area contributed by atoms with E-state index in [2.05, 4.69) is 46.8 Å². The first kappa shape index (κ1) is 23.3. The molecule has 0 radical (unpaired) electrons. The minimum atomic E-state index is -0.538. The number of rotatable bonds is 3. The Balaban J connectivity index is 1.64. The smallest absolute Gasteiger partial charge is 0.167 e. The van der Waals surface area contributed by atoms with Crippen LogP contribution in [0.4, 0.5) is 0 Å². The van der Waals surface area contributed by atoms with Crippen LogP contribution in [0.1, 0.15) is 86.9 Å². The minimum absolute atomic E-state index is 0.0264. The summed E-state index contributed by atoms with van der Waals surface area (Å²) in [6.45, 7) is 12.8. The molecule has 1 aromatic heterocycles. The Labute approximate surface area is 202 Å². The van der Waals surface area contributed by atoms with E-state index in [0.29, 0.717) is 37.2 Å². The van der Waals surface area contributed by atoms with Crippen molar-refractivity contribution in [3.63, 3.8) is 0 Å². The van der Waals surface area contributed by atoms with Crippen LogP contribution < -0.4 is 0 Å². The molecule has 1 aliphatic heterocycles. The average molecular weight is 462 g/mol. The van der Waals surface area contributed by atoms with Gasteiger partial charge in [-0.1, -0.05) is 45.9 Å². The SMILES string of the molecule is Cc1cc2c(cc1C1(c3ccc(C4=C(O)CCC4=O)cn3)COCOC1)C(C)(C)CCC2(C)C. The van der Waals surface area contributed by atoms with E-state index in [1.807, 2.05) is 12.1 Å². The summed E-state index contributed by atoms with van der Waals surface area (Å²) in [6.07, 6.45) is 4.79. The molecule has 0 spiro atoms. The Morgan fingerprint density at radius 1 is 0.912 bits per heavy atom. The second-order valence-corrected chi connectivity index (χ2v) is 11.6. The van der Waals surface area contributed by atoms with Gasteiger partial charge in [0.15, 0.2) is 5.78 Å². The molecule has 0 bridgehead atoms. The standard InChI is InChI=1S/C29H35NO4/c1-18-12-21-22(28(4,5)11-10-27(21,2)3)13-20(18)29(15-33-17-34-16-29)25-9-6-19(14-30-25)26-23(31)7-8-24(26)32/h6,9,12-14,31H,7-8,10-11,15-17H2,1-5H3. The number of carbonyl (C=O) groups is 1. The summed E-state index contributed by atoms with van der Waals surface area (Å²) in [7, 11) is 0. The predicted molar refractivity (Wildman–Crippen MR) is 132 cm³/mol. The summed E-state index contributed by atoms with van der Waals surface area (Å²) in [5.41, 5.74) is 6.87. The average Bonchev–Trinajstić information content (AvgIpc) is 3.15. The van der Waals surface area contributed by atoms with Crippen molar-refractivity contribution in [1.82, 2.24) is 4.98 Å². The third-order valence-electron chi connectivity index (χ3n) is 8.28. The molecular weight excluding hydrogens is 426 g/mol. The Morgan fingerprint density at radius 3 is 2.12 bits per heavy atom. The number of carbonyl (C=O) groups excluding carboxylic acids is 1. The molecule has 1 N–H and O–H groups in total. The van der Waals surface area contributed by atoms with Crippen LogP contribution in [-0.4, -0.2) is 35.9 Å². The summed E-state index contributed by atoms with van der Waals surface area (Å²) in [5.74, 6) is 0.135. The van der Waals surface area contributed by atoms with Gasteiger partial charge in [-0.3, -0.25) is 9.78 Å². The van der Waals surface area contributed by atoms with Gasteiger partial charge in [0.2, 0.25) is 0 Å². The molecule has 5 heteroatoms. The van der Waals surface area contributed by atoms with Gasteiger partial charge in [-0.2, -0.15) is 0 Å². The van der Waals surface area contributed by atoms with E-state index in [1.54, 1.807) is 6.20 Å². The molecule has 0 unspecified atom stereocenters. The molecule has 3 aliphatic rings. The number of Topliss-reactive ketones (excluding diaryl/α,β-unsaturated/α-hetero) is 1. The molecule has 1 saturated heterocycles. The molecule has 0 saturated carbocycles. The molecule has 180 valence electrons. The van der Waals surface area contributed by atoms with Crippen LogP contribution in [0.25, 0.3) is 5.57 Å². The van der Waals surface area contributed by atoms with E-state index in [9.17, 15) is 9.90 Å². The van der Waals surface area contributed by atoms with Gasteiger partial charge < -0.3 is 14.6 Å². The van der Waals surface area contributed by atoms with Crippen LogP contribution in [0.5, 0.6) is 0 Å². The number of benzene rings is 1. The molecule has 1 fully saturated rings. The van der Waals surface area contributed by atoms with E-state index in [1.165, 1.54) is 28.7 Å². The van der Waals surface area contributed by atoms with Crippen LogP contribution >= 0.6 is 0 Å².